The van der Waals surface area contributed by atoms with Crippen LogP contribution in [-0.2, 0) is 9.53 Å². The van der Waals surface area contributed by atoms with Crippen LogP contribution in [0, 0.1) is 5.92 Å². The van der Waals surface area contributed by atoms with Gasteiger partial charge in [0.1, 0.15) is 6.04 Å². The Morgan fingerprint density at radius 1 is 1.42 bits per heavy atom. The van der Waals surface area contributed by atoms with Gasteiger partial charge < -0.3 is 15.0 Å². The number of rotatable bonds is 10. The maximum absolute atomic E-state index is 11.9. The van der Waals surface area contributed by atoms with Crippen molar-refractivity contribution in [1.82, 2.24) is 10.2 Å². The minimum atomic E-state index is -0.133. The van der Waals surface area contributed by atoms with Crippen LogP contribution in [0.5, 0.6) is 0 Å². The van der Waals surface area contributed by atoms with E-state index in [1.807, 2.05) is 6.92 Å². The van der Waals surface area contributed by atoms with Crippen LogP contribution in [0.2, 0.25) is 0 Å². The Labute approximate surface area is 117 Å². The fourth-order valence-corrected chi connectivity index (χ4v) is 2.15. The molecule has 0 heterocycles. The van der Waals surface area contributed by atoms with E-state index >= 15 is 0 Å². The van der Waals surface area contributed by atoms with E-state index in [1.165, 1.54) is 19.3 Å². The molecule has 1 aliphatic rings. The zero-order chi connectivity index (χ0) is 14.3. The largest absolute Gasteiger partial charge is 0.465 e. The molecule has 0 aliphatic heterocycles. The maximum Gasteiger partial charge on any atom is 0.323 e. The number of hydrogen-bond donors (Lipinski definition) is 1. The minimum absolute atomic E-state index is 0.0914. The number of carbonyl (C=O) groups excluding carboxylic acids is 1. The Balaban J connectivity index is 2.32. The average Bonchev–Trinajstić information content (AvgIpc) is 3.18. The van der Waals surface area contributed by atoms with Gasteiger partial charge in [0, 0.05) is 12.6 Å². The second kappa shape index (κ2) is 8.54. The summed E-state index contributed by atoms with van der Waals surface area (Å²) in [7, 11) is 2.13. The molecular weight excluding hydrogens is 240 g/mol. The molecule has 1 aliphatic carbocycles. The first-order valence-corrected chi connectivity index (χ1v) is 7.68. The van der Waals surface area contributed by atoms with Gasteiger partial charge in [-0.05, 0) is 45.7 Å². The standard InChI is InChI=1S/C15H30N2O2/c1-5-12(3)11-17(4)10-9-14(15(18)19-6-2)16-13-7-8-13/h12-14,16H,5-11H2,1-4H3. The highest BCUT2D eigenvalue weighted by Gasteiger charge is 2.29. The van der Waals surface area contributed by atoms with E-state index in [4.69, 9.17) is 4.74 Å². The molecule has 1 rings (SSSR count). The number of esters is 1. The van der Waals surface area contributed by atoms with Crippen LogP contribution in [0.25, 0.3) is 0 Å². The first-order chi connectivity index (χ1) is 9.06. The highest BCUT2D eigenvalue weighted by atomic mass is 16.5. The number of nitrogens with zero attached hydrogens (tertiary/aromatic N) is 1. The van der Waals surface area contributed by atoms with Crippen molar-refractivity contribution in [2.24, 2.45) is 5.92 Å². The summed E-state index contributed by atoms with van der Waals surface area (Å²) in [4.78, 5) is 14.2. The summed E-state index contributed by atoms with van der Waals surface area (Å²) < 4.78 is 5.15. The lowest BCUT2D eigenvalue weighted by Crippen LogP contribution is -2.42. The van der Waals surface area contributed by atoms with Crippen molar-refractivity contribution in [2.45, 2.75) is 58.5 Å². The van der Waals surface area contributed by atoms with E-state index in [0.29, 0.717) is 18.6 Å². The predicted octanol–water partition coefficient (Wildman–Crippen LogP) is 2.04. The fraction of sp³-hybridized carbons (Fsp3) is 0.933. The molecule has 4 nitrogen and oxygen atoms in total. The fourth-order valence-electron chi connectivity index (χ4n) is 2.15. The topological polar surface area (TPSA) is 41.6 Å². The number of ether oxygens (including phenoxy) is 1. The molecule has 2 unspecified atom stereocenters. The number of carbonyl (C=O) groups is 1. The van der Waals surface area contributed by atoms with Crippen molar-refractivity contribution in [1.29, 1.82) is 0 Å². The second-order valence-electron chi connectivity index (χ2n) is 5.81. The van der Waals surface area contributed by atoms with Gasteiger partial charge in [0.2, 0.25) is 0 Å². The predicted molar refractivity (Wildman–Crippen MR) is 78.1 cm³/mol. The molecule has 4 heteroatoms. The Kier molecular flexibility index (Phi) is 7.39. The van der Waals surface area contributed by atoms with Gasteiger partial charge >= 0.3 is 5.97 Å². The first-order valence-electron chi connectivity index (χ1n) is 7.68. The Hall–Kier alpha value is -0.610. The van der Waals surface area contributed by atoms with Crippen molar-refractivity contribution < 1.29 is 9.53 Å². The van der Waals surface area contributed by atoms with Gasteiger partial charge in [-0.3, -0.25) is 4.79 Å². The zero-order valence-electron chi connectivity index (χ0n) is 12.9. The summed E-state index contributed by atoms with van der Waals surface area (Å²) in [6.45, 7) is 8.84. The van der Waals surface area contributed by atoms with Gasteiger partial charge in [-0.15, -0.1) is 0 Å². The van der Waals surface area contributed by atoms with E-state index < -0.39 is 0 Å². The van der Waals surface area contributed by atoms with Crippen molar-refractivity contribution in [2.75, 3.05) is 26.7 Å². The molecule has 1 N–H and O–H groups in total. The lowest BCUT2D eigenvalue weighted by atomic mass is 10.1. The van der Waals surface area contributed by atoms with Crippen LogP contribution < -0.4 is 5.32 Å². The van der Waals surface area contributed by atoms with E-state index in [-0.39, 0.29) is 12.0 Å². The average molecular weight is 270 g/mol. The van der Waals surface area contributed by atoms with Crippen LogP contribution in [-0.4, -0.2) is 49.7 Å². The summed E-state index contributed by atoms with van der Waals surface area (Å²) in [5.74, 6) is 0.619. The molecule has 112 valence electrons. The highest BCUT2D eigenvalue weighted by Crippen LogP contribution is 2.20. The second-order valence-corrected chi connectivity index (χ2v) is 5.81. The third-order valence-electron chi connectivity index (χ3n) is 3.71. The summed E-state index contributed by atoms with van der Waals surface area (Å²) >= 11 is 0. The lowest BCUT2D eigenvalue weighted by molar-refractivity contribution is -0.146. The summed E-state index contributed by atoms with van der Waals surface area (Å²) in [5, 5.41) is 3.40. The van der Waals surface area contributed by atoms with Gasteiger partial charge in [0.05, 0.1) is 6.61 Å². The molecule has 0 radical (unpaired) electrons. The highest BCUT2D eigenvalue weighted by molar-refractivity contribution is 5.75. The molecule has 0 aromatic heterocycles. The molecule has 0 aromatic rings. The molecule has 2 atom stereocenters. The summed E-state index contributed by atoms with van der Waals surface area (Å²) in [6.07, 6.45) is 4.42. The minimum Gasteiger partial charge on any atom is -0.465 e. The van der Waals surface area contributed by atoms with E-state index in [1.54, 1.807) is 0 Å². The molecular formula is C15H30N2O2. The van der Waals surface area contributed by atoms with Crippen molar-refractivity contribution >= 4 is 5.97 Å². The molecule has 0 amide bonds. The van der Waals surface area contributed by atoms with Gasteiger partial charge in [-0.1, -0.05) is 20.3 Å². The van der Waals surface area contributed by atoms with Crippen molar-refractivity contribution in [3.63, 3.8) is 0 Å². The summed E-state index contributed by atoms with van der Waals surface area (Å²) in [6, 6.07) is 0.404. The quantitative estimate of drug-likeness (QED) is 0.617. The Morgan fingerprint density at radius 2 is 2.11 bits per heavy atom. The van der Waals surface area contributed by atoms with E-state index in [9.17, 15) is 4.79 Å². The molecule has 19 heavy (non-hydrogen) atoms. The number of nitrogens with one attached hydrogen (secondary N) is 1. The van der Waals surface area contributed by atoms with Crippen LogP contribution in [0.4, 0.5) is 0 Å². The smallest absolute Gasteiger partial charge is 0.323 e. The molecule has 0 aromatic carbocycles. The van der Waals surface area contributed by atoms with Crippen LogP contribution in [0.1, 0.15) is 46.5 Å². The van der Waals surface area contributed by atoms with Crippen LogP contribution in [0.15, 0.2) is 0 Å². The van der Waals surface area contributed by atoms with Gasteiger partial charge in [-0.25, -0.2) is 0 Å². The maximum atomic E-state index is 11.9. The van der Waals surface area contributed by atoms with Crippen LogP contribution >= 0.6 is 0 Å². The molecule has 0 bridgehead atoms. The number of hydrogen-bond acceptors (Lipinski definition) is 4. The Bertz CT molecular complexity index is 267. The molecule has 1 saturated carbocycles. The van der Waals surface area contributed by atoms with Crippen molar-refractivity contribution in [3.8, 4) is 0 Å². The normalized spacial score (nSPS) is 18.4. The van der Waals surface area contributed by atoms with Gasteiger partial charge in [0.15, 0.2) is 0 Å². The third-order valence-corrected chi connectivity index (χ3v) is 3.71. The SMILES string of the molecule is CCOC(=O)C(CCN(C)CC(C)CC)NC1CC1. The first kappa shape index (κ1) is 16.4. The summed E-state index contributed by atoms with van der Waals surface area (Å²) in [5.41, 5.74) is 0. The molecule has 0 saturated heterocycles. The van der Waals surface area contributed by atoms with E-state index in [2.05, 4.69) is 31.1 Å². The lowest BCUT2D eigenvalue weighted by Gasteiger charge is -2.23. The monoisotopic (exact) mass is 270 g/mol. The Morgan fingerprint density at radius 3 is 2.63 bits per heavy atom. The zero-order valence-corrected chi connectivity index (χ0v) is 12.9. The molecule has 1 fully saturated rings. The van der Waals surface area contributed by atoms with Gasteiger partial charge in [0.25, 0.3) is 0 Å². The van der Waals surface area contributed by atoms with E-state index in [0.717, 1.165) is 19.5 Å². The third kappa shape index (κ3) is 6.92. The van der Waals surface area contributed by atoms with Crippen molar-refractivity contribution in [3.05, 3.63) is 0 Å². The van der Waals surface area contributed by atoms with Crippen LogP contribution in [0.3, 0.4) is 0 Å². The molecule has 0 spiro atoms. The van der Waals surface area contributed by atoms with Gasteiger partial charge in [-0.2, -0.15) is 0 Å².